The van der Waals surface area contributed by atoms with Crippen molar-refractivity contribution in [1.29, 1.82) is 0 Å². The molecule has 110 valence electrons. The molecule has 0 aliphatic rings. The zero-order valence-electron chi connectivity index (χ0n) is 11.2. The van der Waals surface area contributed by atoms with Gasteiger partial charge >= 0.3 is 5.69 Å². The van der Waals surface area contributed by atoms with E-state index in [-0.39, 0.29) is 29.8 Å². The number of rotatable bonds is 8. The predicted octanol–water partition coefficient (Wildman–Crippen LogP) is -0.399. The highest BCUT2D eigenvalue weighted by Gasteiger charge is 2.22. The Kier molecular flexibility index (Phi) is 6.10. The van der Waals surface area contributed by atoms with Crippen LogP contribution in [0.1, 0.15) is 0 Å². The lowest BCUT2D eigenvalue weighted by Crippen LogP contribution is -2.32. The van der Waals surface area contributed by atoms with Crippen LogP contribution in [0.2, 0.25) is 0 Å². The van der Waals surface area contributed by atoms with Gasteiger partial charge in [-0.1, -0.05) is 0 Å². The van der Waals surface area contributed by atoms with E-state index in [0.717, 1.165) is 0 Å². The first kappa shape index (κ1) is 15.6. The summed E-state index contributed by atoms with van der Waals surface area (Å²) in [4.78, 5) is 29.4. The van der Waals surface area contributed by atoms with Crippen LogP contribution in [0.3, 0.4) is 0 Å². The molecule has 0 fully saturated rings. The summed E-state index contributed by atoms with van der Waals surface area (Å²) >= 11 is 0. The number of methoxy groups -OCH3 is 1. The second-order valence-corrected chi connectivity index (χ2v) is 3.62. The second-order valence-electron chi connectivity index (χ2n) is 3.62. The van der Waals surface area contributed by atoms with Crippen LogP contribution >= 0.6 is 0 Å². The number of nitro groups is 1. The Morgan fingerprint density at radius 1 is 1.45 bits per heavy atom. The van der Waals surface area contributed by atoms with Gasteiger partial charge in [-0.3, -0.25) is 14.9 Å². The molecule has 3 N–H and O–H groups in total. The Balaban J connectivity index is 2.68. The normalized spacial score (nSPS) is 9.90. The van der Waals surface area contributed by atoms with Crippen molar-refractivity contribution in [2.24, 2.45) is 0 Å². The Labute approximate surface area is 115 Å². The zero-order valence-corrected chi connectivity index (χ0v) is 11.2. The van der Waals surface area contributed by atoms with E-state index in [9.17, 15) is 14.9 Å². The van der Waals surface area contributed by atoms with Crippen LogP contribution in [0, 0.1) is 10.1 Å². The Hall–Kier alpha value is -2.49. The average Bonchev–Trinajstić information content (AvgIpc) is 2.44. The van der Waals surface area contributed by atoms with Gasteiger partial charge in [-0.2, -0.15) is 0 Å². The van der Waals surface area contributed by atoms with E-state index in [4.69, 9.17) is 4.74 Å². The van der Waals surface area contributed by atoms with Gasteiger partial charge in [0.05, 0.1) is 18.1 Å². The fraction of sp³-hybridized carbons (Fsp3) is 0.500. The van der Waals surface area contributed by atoms with Gasteiger partial charge in [0.15, 0.2) is 0 Å². The number of anilines is 2. The minimum atomic E-state index is -0.614. The van der Waals surface area contributed by atoms with Crippen molar-refractivity contribution in [1.82, 2.24) is 15.3 Å². The Morgan fingerprint density at radius 2 is 2.15 bits per heavy atom. The molecule has 0 radical (unpaired) electrons. The van der Waals surface area contributed by atoms with Crippen molar-refractivity contribution in [2.45, 2.75) is 0 Å². The van der Waals surface area contributed by atoms with Gasteiger partial charge in [0.25, 0.3) is 0 Å². The molecule has 0 bridgehead atoms. The molecule has 0 aliphatic heterocycles. The van der Waals surface area contributed by atoms with Crippen molar-refractivity contribution in [3.8, 4) is 0 Å². The van der Waals surface area contributed by atoms with E-state index in [2.05, 4.69) is 25.9 Å². The van der Waals surface area contributed by atoms with Crippen LogP contribution in [0.5, 0.6) is 0 Å². The van der Waals surface area contributed by atoms with E-state index in [1.54, 1.807) is 0 Å². The van der Waals surface area contributed by atoms with E-state index >= 15 is 0 Å². The first-order valence-electron chi connectivity index (χ1n) is 5.76. The molecule has 1 rings (SSSR count). The number of aromatic nitrogens is 2. The lowest BCUT2D eigenvalue weighted by Gasteiger charge is -2.08. The maximum atomic E-state index is 11.5. The van der Waals surface area contributed by atoms with E-state index in [0.29, 0.717) is 13.2 Å². The lowest BCUT2D eigenvalue weighted by atomic mass is 10.4. The van der Waals surface area contributed by atoms with E-state index in [1.165, 1.54) is 20.5 Å². The number of nitrogens with zero attached hydrogens (tertiary/aromatic N) is 3. The fourth-order valence-electron chi connectivity index (χ4n) is 1.38. The van der Waals surface area contributed by atoms with Crippen LogP contribution in [0.15, 0.2) is 6.33 Å². The van der Waals surface area contributed by atoms with Crippen molar-refractivity contribution in [3.05, 3.63) is 16.4 Å². The number of hydrogen-bond acceptors (Lipinski definition) is 8. The molecule has 0 aliphatic carbocycles. The standard InChI is InChI=1S/C10H16N6O4/c1-11-9-8(16(18)19)10(15-6-14-9)13-5-7(17)12-3-4-20-2/h6H,3-5H2,1-2H3,(H,12,17)(H2,11,13,14,15). The van der Waals surface area contributed by atoms with Gasteiger partial charge in [-0.15, -0.1) is 0 Å². The molecular weight excluding hydrogens is 268 g/mol. The fourth-order valence-corrected chi connectivity index (χ4v) is 1.38. The van der Waals surface area contributed by atoms with E-state index < -0.39 is 4.92 Å². The Morgan fingerprint density at radius 3 is 2.75 bits per heavy atom. The topological polar surface area (TPSA) is 131 Å². The van der Waals surface area contributed by atoms with Crippen LogP contribution in [0.25, 0.3) is 0 Å². The number of ether oxygens (including phenoxy) is 1. The summed E-state index contributed by atoms with van der Waals surface area (Å²) in [6, 6.07) is 0. The summed E-state index contributed by atoms with van der Waals surface area (Å²) in [7, 11) is 3.03. The van der Waals surface area contributed by atoms with Crippen molar-refractivity contribution < 1.29 is 14.5 Å². The number of hydrogen-bond donors (Lipinski definition) is 3. The van der Waals surface area contributed by atoms with E-state index in [1.807, 2.05) is 0 Å². The van der Waals surface area contributed by atoms with Gasteiger partial charge in [-0.05, 0) is 0 Å². The minimum Gasteiger partial charge on any atom is -0.383 e. The summed E-state index contributed by atoms with van der Waals surface area (Å²) < 4.78 is 4.78. The summed E-state index contributed by atoms with van der Waals surface area (Å²) in [5, 5.41) is 18.8. The van der Waals surface area contributed by atoms with Crippen LogP contribution in [0.4, 0.5) is 17.3 Å². The highest BCUT2D eigenvalue weighted by Crippen LogP contribution is 2.27. The molecule has 0 saturated heterocycles. The lowest BCUT2D eigenvalue weighted by molar-refractivity contribution is -0.383. The highest BCUT2D eigenvalue weighted by atomic mass is 16.6. The Bertz CT molecular complexity index is 481. The van der Waals surface area contributed by atoms with Gasteiger partial charge < -0.3 is 20.7 Å². The molecule has 1 heterocycles. The van der Waals surface area contributed by atoms with Crippen molar-refractivity contribution >= 4 is 23.2 Å². The molecule has 0 unspecified atom stereocenters. The summed E-state index contributed by atoms with van der Waals surface area (Å²) in [5.41, 5.74) is -0.306. The molecule has 1 aromatic heterocycles. The first-order chi connectivity index (χ1) is 9.60. The monoisotopic (exact) mass is 284 g/mol. The third kappa shape index (κ3) is 4.31. The molecule has 20 heavy (non-hydrogen) atoms. The molecule has 0 spiro atoms. The van der Waals surface area contributed by atoms with Crippen molar-refractivity contribution in [2.75, 3.05) is 44.5 Å². The third-order valence-electron chi connectivity index (χ3n) is 2.29. The number of nitrogens with one attached hydrogen (secondary N) is 3. The maximum absolute atomic E-state index is 11.5. The molecule has 1 amide bonds. The molecule has 0 aromatic carbocycles. The summed E-state index contributed by atoms with van der Waals surface area (Å²) in [6.07, 6.45) is 1.17. The van der Waals surface area contributed by atoms with Gasteiger partial charge in [-0.25, -0.2) is 9.97 Å². The molecule has 0 saturated carbocycles. The SMILES string of the molecule is CNc1ncnc(NCC(=O)NCCOC)c1[N+](=O)[O-]. The minimum absolute atomic E-state index is 0.0174. The number of amides is 1. The maximum Gasteiger partial charge on any atom is 0.353 e. The number of carbonyl (C=O) groups excluding carboxylic acids is 1. The van der Waals surface area contributed by atoms with Gasteiger partial charge in [0.1, 0.15) is 6.33 Å². The summed E-state index contributed by atoms with van der Waals surface area (Å²) in [5.74, 6) is -0.260. The molecule has 10 heteroatoms. The summed E-state index contributed by atoms with van der Waals surface area (Å²) in [6.45, 7) is 0.624. The average molecular weight is 284 g/mol. The number of carbonyl (C=O) groups is 1. The van der Waals surface area contributed by atoms with Gasteiger partial charge in [0.2, 0.25) is 17.5 Å². The predicted molar refractivity (Wildman–Crippen MR) is 71.6 cm³/mol. The van der Waals surface area contributed by atoms with Gasteiger partial charge in [0, 0.05) is 20.7 Å². The smallest absolute Gasteiger partial charge is 0.353 e. The van der Waals surface area contributed by atoms with Crippen LogP contribution in [-0.2, 0) is 9.53 Å². The van der Waals surface area contributed by atoms with Crippen LogP contribution in [-0.4, -0.2) is 54.7 Å². The molecule has 10 nitrogen and oxygen atoms in total. The van der Waals surface area contributed by atoms with Crippen LogP contribution < -0.4 is 16.0 Å². The third-order valence-corrected chi connectivity index (χ3v) is 2.29. The molecule has 1 aromatic rings. The quantitative estimate of drug-likeness (QED) is 0.334. The second kappa shape index (κ2) is 7.84. The zero-order chi connectivity index (χ0) is 15.0. The highest BCUT2D eigenvalue weighted by molar-refractivity contribution is 5.82. The molecular formula is C10H16N6O4. The largest absolute Gasteiger partial charge is 0.383 e. The first-order valence-corrected chi connectivity index (χ1v) is 5.76. The molecule has 0 atom stereocenters. The van der Waals surface area contributed by atoms with Crippen molar-refractivity contribution in [3.63, 3.8) is 0 Å².